The van der Waals surface area contributed by atoms with Gasteiger partial charge in [-0.05, 0) is 57.8 Å². The Morgan fingerprint density at radius 1 is 1.14 bits per heavy atom. The van der Waals surface area contributed by atoms with Gasteiger partial charge in [0.2, 0.25) is 0 Å². The minimum Gasteiger partial charge on any atom is -0.382 e. The lowest BCUT2D eigenvalue weighted by Gasteiger charge is -2.25. The number of amides is 1. The van der Waals surface area contributed by atoms with Crippen molar-refractivity contribution in [2.75, 3.05) is 13.6 Å². The molecular formula is C24H36N2O2. The van der Waals surface area contributed by atoms with Crippen molar-refractivity contribution in [1.82, 2.24) is 9.96 Å². The second-order valence-electron chi connectivity index (χ2n) is 7.95. The first-order valence-electron chi connectivity index (χ1n) is 10.5. The van der Waals surface area contributed by atoms with Gasteiger partial charge in [0.1, 0.15) is 5.76 Å². The maximum Gasteiger partial charge on any atom is 0.254 e. The fourth-order valence-electron chi connectivity index (χ4n) is 3.74. The zero-order valence-electron chi connectivity index (χ0n) is 17.5. The average molecular weight is 385 g/mol. The Morgan fingerprint density at radius 3 is 2.54 bits per heavy atom. The third kappa shape index (κ3) is 6.74. The molecule has 1 amide bonds. The summed E-state index contributed by atoms with van der Waals surface area (Å²) in [5.41, 5.74) is 3.32. The summed E-state index contributed by atoms with van der Waals surface area (Å²) in [6.07, 6.45) is 13.9. The van der Waals surface area contributed by atoms with Crippen LogP contribution in [-0.4, -0.2) is 29.5 Å². The average Bonchev–Trinajstić information content (AvgIpc) is 2.93. The molecule has 4 heteroatoms. The van der Waals surface area contributed by atoms with Gasteiger partial charge in [0, 0.05) is 37.3 Å². The molecule has 1 saturated heterocycles. The van der Waals surface area contributed by atoms with E-state index in [1.807, 2.05) is 0 Å². The number of rotatable bonds is 9. The molecule has 1 aliphatic heterocycles. The maximum atomic E-state index is 12.4. The molecule has 154 valence electrons. The highest BCUT2D eigenvalue weighted by molar-refractivity contribution is 5.74. The lowest BCUT2D eigenvalue weighted by Crippen LogP contribution is -2.28. The van der Waals surface area contributed by atoms with Crippen molar-refractivity contribution in [3.8, 4) is 0 Å². The number of likely N-dealkylation sites (tertiary alicyclic amines) is 1. The molecule has 1 unspecified atom stereocenters. The number of hydrogen-bond acceptors (Lipinski definition) is 3. The van der Waals surface area contributed by atoms with Crippen LogP contribution >= 0.6 is 0 Å². The molecule has 0 saturated carbocycles. The third-order valence-electron chi connectivity index (χ3n) is 5.60. The number of hydrogen-bond donors (Lipinski definition) is 0. The Bertz CT molecular complexity index is 631. The van der Waals surface area contributed by atoms with Crippen LogP contribution in [0.5, 0.6) is 0 Å². The standard InChI is InChI=1S/C24H36N2O2/c1-19(18-26-20(2)16-17-21(26)3)12-11-15-24(27)25(5)28-22(4)23-13-9-7-6-8-10-14-23/h6-7,23H,1-4,8-18H2,5H3/b7-6+. The molecule has 28 heavy (non-hydrogen) atoms. The van der Waals surface area contributed by atoms with E-state index in [0.717, 1.165) is 81.3 Å². The predicted molar refractivity (Wildman–Crippen MR) is 116 cm³/mol. The van der Waals surface area contributed by atoms with E-state index in [1.165, 1.54) is 5.06 Å². The van der Waals surface area contributed by atoms with Gasteiger partial charge in [-0.2, -0.15) is 5.06 Å². The number of carbonyl (C=O) groups is 1. The molecule has 2 rings (SSSR count). The molecule has 1 fully saturated rings. The zero-order valence-corrected chi connectivity index (χ0v) is 17.5. The number of carbonyl (C=O) groups excluding carboxylic acids is 1. The summed E-state index contributed by atoms with van der Waals surface area (Å²) in [5.74, 6) is 1.01. The first kappa shape index (κ1) is 22.1. The fraction of sp³-hybridized carbons (Fsp3) is 0.542. The predicted octanol–water partition coefficient (Wildman–Crippen LogP) is 5.88. The van der Waals surface area contributed by atoms with Gasteiger partial charge in [-0.25, -0.2) is 0 Å². The molecule has 2 aliphatic rings. The van der Waals surface area contributed by atoms with Crippen LogP contribution in [0.15, 0.2) is 61.2 Å². The Morgan fingerprint density at radius 2 is 1.82 bits per heavy atom. The van der Waals surface area contributed by atoms with Gasteiger partial charge in [0.15, 0.2) is 0 Å². The molecular weight excluding hydrogens is 348 g/mol. The summed E-state index contributed by atoms with van der Waals surface area (Å²) < 4.78 is 0. The van der Waals surface area contributed by atoms with Crippen molar-refractivity contribution >= 4 is 5.91 Å². The van der Waals surface area contributed by atoms with Gasteiger partial charge >= 0.3 is 0 Å². The third-order valence-corrected chi connectivity index (χ3v) is 5.60. The normalized spacial score (nSPS) is 21.0. The Labute approximate surface area is 170 Å². The van der Waals surface area contributed by atoms with Crippen molar-refractivity contribution < 1.29 is 9.63 Å². The largest absolute Gasteiger partial charge is 0.382 e. The lowest BCUT2D eigenvalue weighted by molar-refractivity contribution is -0.168. The molecule has 0 aromatic heterocycles. The Hall–Kier alpha value is -2.23. The Balaban J connectivity index is 1.68. The van der Waals surface area contributed by atoms with Crippen LogP contribution in [0, 0.1) is 5.92 Å². The molecule has 4 nitrogen and oxygen atoms in total. The smallest absolute Gasteiger partial charge is 0.254 e. The molecule has 0 bridgehead atoms. The fourth-order valence-corrected chi connectivity index (χ4v) is 3.74. The van der Waals surface area contributed by atoms with Crippen LogP contribution in [0.2, 0.25) is 0 Å². The highest BCUT2D eigenvalue weighted by atomic mass is 16.7. The number of nitrogens with zero attached hydrogens (tertiary/aromatic N) is 2. The van der Waals surface area contributed by atoms with Gasteiger partial charge in [-0.1, -0.05) is 44.0 Å². The molecule has 0 aromatic rings. The first-order chi connectivity index (χ1) is 13.4. The van der Waals surface area contributed by atoms with Crippen molar-refractivity contribution in [3.63, 3.8) is 0 Å². The van der Waals surface area contributed by atoms with Gasteiger partial charge in [-0.15, -0.1) is 0 Å². The Kier molecular flexibility index (Phi) is 8.62. The van der Waals surface area contributed by atoms with Gasteiger partial charge in [0.05, 0.1) is 0 Å². The second kappa shape index (κ2) is 10.9. The highest BCUT2D eigenvalue weighted by Crippen LogP contribution is 2.29. The minimum absolute atomic E-state index is 0.0188. The molecule has 1 aliphatic carbocycles. The summed E-state index contributed by atoms with van der Waals surface area (Å²) in [7, 11) is 1.68. The summed E-state index contributed by atoms with van der Waals surface area (Å²) >= 11 is 0. The van der Waals surface area contributed by atoms with E-state index in [-0.39, 0.29) is 5.91 Å². The number of hydroxylamine groups is 2. The van der Waals surface area contributed by atoms with Crippen LogP contribution in [0.4, 0.5) is 0 Å². The quantitative estimate of drug-likeness (QED) is 0.283. The summed E-state index contributed by atoms with van der Waals surface area (Å²) in [6.45, 7) is 17.2. The SMILES string of the molecule is C=C(CCCC(=O)N(C)OC(=C)C1CC/C=C/CCC1)CN1C(=C)CCC1=C. The maximum absolute atomic E-state index is 12.4. The first-order valence-corrected chi connectivity index (χ1v) is 10.5. The van der Waals surface area contributed by atoms with Crippen molar-refractivity contribution in [2.45, 2.75) is 64.2 Å². The molecule has 0 N–H and O–H groups in total. The zero-order chi connectivity index (χ0) is 20.5. The van der Waals surface area contributed by atoms with E-state index < -0.39 is 0 Å². The van der Waals surface area contributed by atoms with E-state index in [1.54, 1.807) is 7.05 Å². The molecule has 1 atom stereocenters. The van der Waals surface area contributed by atoms with Crippen molar-refractivity contribution in [3.05, 3.63) is 61.2 Å². The van der Waals surface area contributed by atoms with E-state index >= 15 is 0 Å². The van der Waals surface area contributed by atoms with Gasteiger partial charge < -0.3 is 9.74 Å². The van der Waals surface area contributed by atoms with Gasteiger partial charge in [-0.3, -0.25) is 4.79 Å². The van der Waals surface area contributed by atoms with Crippen molar-refractivity contribution in [2.24, 2.45) is 5.92 Å². The summed E-state index contributed by atoms with van der Waals surface area (Å²) in [5, 5.41) is 1.35. The highest BCUT2D eigenvalue weighted by Gasteiger charge is 2.20. The van der Waals surface area contributed by atoms with E-state index in [9.17, 15) is 4.79 Å². The minimum atomic E-state index is -0.0188. The van der Waals surface area contributed by atoms with E-state index in [4.69, 9.17) is 4.84 Å². The lowest BCUT2D eigenvalue weighted by atomic mass is 9.93. The molecule has 1 heterocycles. The number of allylic oxidation sites excluding steroid dienone is 5. The monoisotopic (exact) mass is 384 g/mol. The summed E-state index contributed by atoms with van der Waals surface area (Å²) in [6, 6.07) is 0. The second-order valence-corrected chi connectivity index (χ2v) is 7.95. The molecule has 0 aromatic carbocycles. The summed E-state index contributed by atoms with van der Waals surface area (Å²) in [4.78, 5) is 20.3. The van der Waals surface area contributed by atoms with Crippen LogP contribution < -0.4 is 0 Å². The van der Waals surface area contributed by atoms with Gasteiger partial charge in [0.25, 0.3) is 5.91 Å². The molecule has 0 spiro atoms. The topological polar surface area (TPSA) is 32.8 Å². The van der Waals surface area contributed by atoms with E-state index in [2.05, 4.69) is 43.4 Å². The van der Waals surface area contributed by atoms with Crippen molar-refractivity contribution in [1.29, 1.82) is 0 Å². The van der Waals surface area contributed by atoms with Crippen LogP contribution in [0.3, 0.4) is 0 Å². The van der Waals surface area contributed by atoms with Crippen LogP contribution in [-0.2, 0) is 9.63 Å². The van der Waals surface area contributed by atoms with Crippen LogP contribution in [0.25, 0.3) is 0 Å². The van der Waals surface area contributed by atoms with Crippen LogP contribution in [0.1, 0.15) is 64.2 Å². The van der Waals surface area contributed by atoms with E-state index in [0.29, 0.717) is 18.1 Å². The molecule has 0 radical (unpaired) electrons.